The van der Waals surface area contributed by atoms with Crippen molar-refractivity contribution in [3.05, 3.63) is 16.8 Å². The molecule has 1 aromatic rings. The van der Waals surface area contributed by atoms with Gasteiger partial charge in [-0.1, -0.05) is 12.2 Å². The first kappa shape index (κ1) is 8.86. The summed E-state index contributed by atoms with van der Waals surface area (Å²) in [5, 5.41) is 7.55. The van der Waals surface area contributed by atoms with Gasteiger partial charge in [0.15, 0.2) is 5.82 Å². The fourth-order valence-corrected chi connectivity index (χ4v) is 1.20. The first-order valence-corrected chi connectivity index (χ1v) is 3.84. The minimum absolute atomic E-state index is 0.267. The molecule has 0 spiro atoms. The number of thiocarbonyl (C=S) groups is 1. The molecule has 0 atom stereocenters. The van der Waals surface area contributed by atoms with Crippen LogP contribution in [0.25, 0.3) is 0 Å². The van der Waals surface area contributed by atoms with E-state index in [-0.39, 0.29) is 4.99 Å². The zero-order valence-electron chi connectivity index (χ0n) is 6.96. The van der Waals surface area contributed by atoms with Crippen LogP contribution in [0.4, 0.5) is 5.82 Å². The van der Waals surface area contributed by atoms with Crippen LogP contribution in [0.2, 0.25) is 0 Å². The molecule has 1 heterocycles. The number of nitrogen functional groups attached to an aromatic ring is 1. The Kier molecular flexibility index (Phi) is 2.23. The van der Waals surface area contributed by atoms with Crippen LogP contribution in [0.1, 0.15) is 16.8 Å². The minimum Gasteiger partial charge on any atom is -0.389 e. The van der Waals surface area contributed by atoms with Crippen LogP contribution in [0.5, 0.6) is 0 Å². The van der Waals surface area contributed by atoms with Crippen LogP contribution in [-0.2, 0) is 0 Å². The Hall–Kier alpha value is -1.23. The van der Waals surface area contributed by atoms with Crippen molar-refractivity contribution in [2.24, 2.45) is 5.73 Å². The van der Waals surface area contributed by atoms with Crippen LogP contribution in [0.15, 0.2) is 0 Å². The number of aryl methyl sites for hydroxylation is 1. The molecule has 0 bridgehead atoms. The zero-order valence-corrected chi connectivity index (χ0v) is 7.77. The van der Waals surface area contributed by atoms with E-state index in [1.807, 2.05) is 13.8 Å². The lowest BCUT2D eigenvalue weighted by Crippen LogP contribution is -2.16. The second kappa shape index (κ2) is 3.02. The predicted octanol–water partition coefficient (Wildman–Crippen LogP) is 0.310. The molecular weight excluding hydrogens is 172 g/mol. The van der Waals surface area contributed by atoms with Crippen molar-refractivity contribution in [3.63, 3.8) is 0 Å². The van der Waals surface area contributed by atoms with Crippen LogP contribution in [0, 0.1) is 13.8 Å². The third-order valence-corrected chi connectivity index (χ3v) is 1.93. The highest BCUT2D eigenvalue weighted by Crippen LogP contribution is 2.14. The van der Waals surface area contributed by atoms with Gasteiger partial charge in [-0.2, -0.15) is 5.10 Å². The summed E-state index contributed by atoms with van der Waals surface area (Å²) in [4.78, 5) is 0.267. The number of rotatable bonds is 1. The van der Waals surface area contributed by atoms with Gasteiger partial charge in [-0.25, -0.2) is 0 Å². The van der Waals surface area contributed by atoms with Crippen molar-refractivity contribution in [2.45, 2.75) is 13.8 Å². The first-order valence-electron chi connectivity index (χ1n) is 3.43. The molecule has 0 saturated carbocycles. The fourth-order valence-electron chi connectivity index (χ4n) is 0.938. The Morgan fingerprint density at radius 3 is 2.33 bits per heavy atom. The molecule has 4 nitrogen and oxygen atoms in total. The molecule has 0 aliphatic heterocycles. The third-order valence-electron chi connectivity index (χ3n) is 1.73. The van der Waals surface area contributed by atoms with Gasteiger partial charge in [0.05, 0.1) is 11.3 Å². The molecule has 64 valence electrons. The number of hydrogen-bond acceptors (Lipinski definition) is 4. The van der Waals surface area contributed by atoms with E-state index in [0.717, 1.165) is 11.3 Å². The summed E-state index contributed by atoms with van der Waals surface area (Å²) in [6, 6.07) is 0. The third kappa shape index (κ3) is 1.35. The lowest BCUT2D eigenvalue weighted by Gasteiger charge is -2.07. The van der Waals surface area contributed by atoms with E-state index < -0.39 is 0 Å². The van der Waals surface area contributed by atoms with Gasteiger partial charge in [-0.05, 0) is 19.4 Å². The predicted molar refractivity (Wildman–Crippen MR) is 51.8 cm³/mol. The lowest BCUT2D eigenvalue weighted by atomic mass is 10.1. The lowest BCUT2D eigenvalue weighted by molar-refractivity contribution is 0.967. The van der Waals surface area contributed by atoms with Crippen LogP contribution in [-0.4, -0.2) is 15.2 Å². The average Bonchev–Trinajstić information content (AvgIpc) is 1.97. The van der Waals surface area contributed by atoms with E-state index in [1.54, 1.807) is 0 Å². The van der Waals surface area contributed by atoms with E-state index in [2.05, 4.69) is 10.2 Å². The zero-order chi connectivity index (χ0) is 9.30. The largest absolute Gasteiger partial charge is 0.389 e. The first-order chi connectivity index (χ1) is 5.54. The maximum atomic E-state index is 5.55. The van der Waals surface area contributed by atoms with Crippen molar-refractivity contribution in [3.8, 4) is 0 Å². The highest BCUT2D eigenvalue weighted by Gasteiger charge is 2.09. The monoisotopic (exact) mass is 182 g/mol. The molecule has 0 aliphatic carbocycles. The average molecular weight is 182 g/mol. The topological polar surface area (TPSA) is 77.8 Å². The van der Waals surface area contributed by atoms with Gasteiger partial charge >= 0.3 is 0 Å². The van der Waals surface area contributed by atoms with Crippen LogP contribution in [0.3, 0.4) is 0 Å². The molecule has 0 unspecified atom stereocenters. The second-order valence-corrected chi connectivity index (χ2v) is 2.97. The summed E-state index contributed by atoms with van der Waals surface area (Å²) in [5.41, 5.74) is 13.4. The number of hydrogen-bond donors (Lipinski definition) is 2. The summed E-state index contributed by atoms with van der Waals surface area (Å²) < 4.78 is 0. The van der Waals surface area contributed by atoms with Crippen LogP contribution >= 0.6 is 12.2 Å². The smallest absolute Gasteiger partial charge is 0.156 e. The summed E-state index contributed by atoms with van der Waals surface area (Å²) in [6.45, 7) is 3.71. The molecule has 0 radical (unpaired) electrons. The van der Waals surface area contributed by atoms with Crippen LogP contribution < -0.4 is 11.5 Å². The quantitative estimate of drug-likeness (QED) is 0.611. The molecule has 1 rings (SSSR count). The molecular formula is C7H10N4S. The van der Waals surface area contributed by atoms with E-state index in [9.17, 15) is 0 Å². The van der Waals surface area contributed by atoms with Gasteiger partial charge in [0, 0.05) is 0 Å². The molecule has 0 fully saturated rings. The Morgan fingerprint density at radius 2 is 1.92 bits per heavy atom. The Labute approximate surface area is 76.0 Å². The number of aromatic nitrogens is 2. The summed E-state index contributed by atoms with van der Waals surface area (Å²) in [6.07, 6.45) is 0. The van der Waals surface area contributed by atoms with Crippen molar-refractivity contribution < 1.29 is 0 Å². The maximum Gasteiger partial charge on any atom is 0.156 e. The molecule has 0 amide bonds. The van der Waals surface area contributed by atoms with Crippen molar-refractivity contribution >= 4 is 23.0 Å². The highest BCUT2D eigenvalue weighted by atomic mass is 32.1. The van der Waals surface area contributed by atoms with Crippen molar-refractivity contribution in [2.75, 3.05) is 5.73 Å². The van der Waals surface area contributed by atoms with Gasteiger partial charge < -0.3 is 11.5 Å². The maximum absolute atomic E-state index is 5.55. The summed E-state index contributed by atoms with van der Waals surface area (Å²) >= 11 is 4.83. The molecule has 4 N–H and O–H groups in total. The second-order valence-electron chi connectivity index (χ2n) is 2.53. The van der Waals surface area contributed by atoms with E-state index >= 15 is 0 Å². The normalized spacial score (nSPS) is 9.83. The summed E-state index contributed by atoms with van der Waals surface area (Å²) in [5.74, 6) is 0.297. The molecule has 0 saturated heterocycles. The number of anilines is 1. The highest BCUT2D eigenvalue weighted by molar-refractivity contribution is 7.80. The van der Waals surface area contributed by atoms with E-state index in [0.29, 0.717) is 11.4 Å². The van der Waals surface area contributed by atoms with E-state index in [4.69, 9.17) is 23.7 Å². The molecule has 5 heteroatoms. The van der Waals surface area contributed by atoms with Crippen molar-refractivity contribution in [1.29, 1.82) is 0 Å². The van der Waals surface area contributed by atoms with Gasteiger partial charge in [0.1, 0.15) is 4.99 Å². The molecule has 12 heavy (non-hydrogen) atoms. The number of nitrogens with zero attached hydrogens (tertiary/aromatic N) is 2. The Morgan fingerprint density at radius 1 is 1.33 bits per heavy atom. The SMILES string of the molecule is Cc1nnc(N)c(C(N)=S)c1C. The van der Waals surface area contributed by atoms with Gasteiger partial charge in [0.25, 0.3) is 0 Å². The minimum atomic E-state index is 0.267. The van der Waals surface area contributed by atoms with Gasteiger partial charge in [-0.15, -0.1) is 5.10 Å². The molecule has 0 aliphatic rings. The van der Waals surface area contributed by atoms with Gasteiger partial charge in [-0.3, -0.25) is 0 Å². The molecule has 1 aromatic heterocycles. The molecule has 0 aromatic carbocycles. The van der Waals surface area contributed by atoms with Gasteiger partial charge in [0.2, 0.25) is 0 Å². The fraction of sp³-hybridized carbons (Fsp3) is 0.286. The number of nitrogens with two attached hydrogens (primary N) is 2. The van der Waals surface area contributed by atoms with Crippen molar-refractivity contribution in [1.82, 2.24) is 10.2 Å². The Bertz CT molecular complexity index is 334. The van der Waals surface area contributed by atoms with E-state index in [1.165, 1.54) is 0 Å². The standard InChI is InChI=1S/C7H10N4S/c1-3-4(2)10-11-6(8)5(3)7(9)12/h1-2H3,(H2,8,11)(H2,9,12). The summed E-state index contributed by atoms with van der Waals surface area (Å²) in [7, 11) is 0. The Balaban J connectivity index is 3.43.